The van der Waals surface area contributed by atoms with Crippen LogP contribution in [0.25, 0.3) is 0 Å². The van der Waals surface area contributed by atoms with Gasteiger partial charge in [-0.1, -0.05) is 18.2 Å². The minimum absolute atomic E-state index is 0.121. The zero-order valence-corrected chi connectivity index (χ0v) is 11.4. The van der Waals surface area contributed by atoms with Gasteiger partial charge in [-0.25, -0.2) is 8.78 Å². The van der Waals surface area contributed by atoms with E-state index in [9.17, 15) is 8.78 Å². The summed E-state index contributed by atoms with van der Waals surface area (Å²) in [5.41, 5.74) is 1.05. The summed E-state index contributed by atoms with van der Waals surface area (Å²) in [6.45, 7) is 4.88. The minimum atomic E-state index is -2.40. The summed E-state index contributed by atoms with van der Waals surface area (Å²) in [6.07, 6.45) is -2.28. The van der Waals surface area contributed by atoms with Gasteiger partial charge in [-0.3, -0.25) is 0 Å². The number of nitrogens with one attached hydrogen (secondary N) is 1. The number of rotatable bonds is 9. The Labute approximate surface area is 112 Å². The fraction of sp³-hybridized carbons (Fsp3) is 0.571. The van der Waals surface area contributed by atoms with E-state index < -0.39 is 13.0 Å². The first-order valence-corrected chi connectivity index (χ1v) is 6.40. The number of alkyl halides is 2. The van der Waals surface area contributed by atoms with Crippen LogP contribution in [0.5, 0.6) is 5.75 Å². The quantitative estimate of drug-likeness (QED) is 0.702. The average molecular weight is 273 g/mol. The van der Waals surface area contributed by atoms with Crippen molar-refractivity contribution in [3.63, 3.8) is 0 Å². The summed E-state index contributed by atoms with van der Waals surface area (Å²) >= 11 is 0. The third-order valence-electron chi connectivity index (χ3n) is 2.32. The molecule has 0 aromatic heterocycles. The first-order valence-electron chi connectivity index (χ1n) is 6.40. The molecule has 0 radical (unpaired) electrons. The van der Waals surface area contributed by atoms with Gasteiger partial charge in [0.05, 0.1) is 12.7 Å². The van der Waals surface area contributed by atoms with Crippen LogP contribution in [0.15, 0.2) is 24.3 Å². The molecule has 0 aliphatic rings. The molecule has 1 N–H and O–H groups in total. The van der Waals surface area contributed by atoms with Crippen molar-refractivity contribution in [2.24, 2.45) is 0 Å². The molecule has 0 saturated carbocycles. The van der Waals surface area contributed by atoms with E-state index in [4.69, 9.17) is 9.47 Å². The van der Waals surface area contributed by atoms with Crippen LogP contribution >= 0.6 is 0 Å². The summed E-state index contributed by atoms with van der Waals surface area (Å²) in [4.78, 5) is 0. The second-order valence-corrected chi connectivity index (χ2v) is 4.42. The molecule has 0 atom stereocenters. The topological polar surface area (TPSA) is 30.5 Å². The normalized spacial score (nSPS) is 11.3. The lowest BCUT2D eigenvalue weighted by atomic mass is 10.2. The van der Waals surface area contributed by atoms with Crippen LogP contribution < -0.4 is 10.1 Å². The molecule has 0 bridgehead atoms. The van der Waals surface area contributed by atoms with E-state index in [1.54, 1.807) is 0 Å². The molecule has 0 aliphatic heterocycles. The number of benzene rings is 1. The molecule has 0 fully saturated rings. The Balaban J connectivity index is 2.28. The van der Waals surface area contributed by atoms with Crippen LogP contribution in [-0.4, -0.2) is 32.3 Å². The highest BCUT2D eigenvalue weighted by Gasteiger charge is 2.05. The molecule has 1 aromatic rings. The summed E-state index contributed by atoms with van der Waals surface area (Å²) in [6, 6.07) is 7.76. The number of ether oxygens (including phenoxy) is 2. The summed E-state index contributed by atoms with van der Waals surface area (Å²) in [5, 5.41) is 3.14. The number of hydrogen-bond donors (Lipinski definition) is 1. The van der Waals surface area contributed by atoms with E-state index >= 15 is 0 Å². The van der Waals surface area contributed by atoms with E-state index in [0.29, 0.717) is 13.1 Å². The Bertz CT molecular complexity index is 359. The Morgan fingerprint density at radius 3 is 2.63 bits per heavy atom. The maximum Gasteiger partial charge on any atom is 0.261 e. The zero-order valence-electron chi connectivity index (χ0n) is 11.4. The molecule has 0 spiro atoms. The van der Waals surface area contributed by atoms with Gasteiger partial charge in [0.15, 0.2) is 0 Å². The van der Waals surface area contributed by atoms with Gasteiger partial charge in [-0.05, 0) is 19.9 Å². The fourth-order valence-electron chi connectivity index (χ4n) is 1.56. The Hall–Kier alpha value is -1.20. The standard InChI is InChI=1S/C14H21F2NO2/c1-11(2)19-13-6-4-3-5-12(13)9-17-7-8-18-10-14(15)16/h3-6,11,14,17H,7-10H2,1-2H3. The van der Waals surface area contributed by atoms with Crippen molar-refractivity contribution in [3.8, 4) is 5.75 Å². The van der Waals surface area contributed by atoms with Gasteiger partial charge in [0.25, 0.3) is 6.43 Å². The SMILES string of the molecule is CC(C)Oc1ccccc1CNCCOCC(F)F. The third-order valence-corrected chi connectivity index (χ3v) is 2.32. The van der Waals surface area contributed by atoms with E-state index in [-0.39, 0.29) is 12.7 Å². The summed E-state index contributed by atoms with van der Waals surface area (Å²) in [7, 11) is 0. The number of hydrogen-bond acceptors (Lipinski definition) is 3. The highest BCUT2D eigenvalue weighted by atomic mass is 19.3. The maximum absolute atomic E-state index is 11.8. The van der Waals surface area contributed by atoms with Crippen LogP contribution in [0, 0.1) is 0 Å². The largest absolute Gasteiger partial charge is 0.491 e. The molecule has 0 saturated heterocycles. The average Bonchev–Trinajstić information content (AvgIpc) is 2.34. The second kappa shape index (κ2) is 8.82. The fourth-order valence-corrected chi connectivity index (χ4v) is 1.56. The van der Waals surface area contributed by atoms with E-state index in [2.05, 4.69) is 5.32 Å². The molecule has 0 aliphatic carbocycles. The Morgan fingerprint density at radius 1 is 1.21 bits per heavy atom. The third kappa shape index (κ3) is 7.08. The number of para-hydroxylation sites is 1. The van der Waals surface area contributed by atoms with Crippen molar-refractivity contribution < 1.29 is 18.3 Å². The van der Waals surface area contributed by atoms with Crippen LogP contribution in [0.3, 0.4) is 0 Å². The molecular weight excluding hydrogens is 252 g/mol. The molecule has 3 nitrogen and oxygen atoms in total. The van der Waals surface area contributed by atoms with Crippen LogP contribution in [-0.2, 0) is 11.3 Å². The highest BCUT2D eigenvalue weighted by molar-refractivity contribution is 5.33. The van der Waals surface area contributed by atoms with E-state index in [1.165, 1.54) is 0 Å². The van der Waals surface area contributed by atoms with Gasteiger partial charge in [-0.15, -0.1) is 0 Å². The lowest BCUT2D eigenvalue weighted by molar-refractivity contribution is 0.0187. The molecule has 1 rings (SSSR count). The van der Waals surface area contributed by atoms with Crippen molar-refractivity contribution >= 4 is 0 Å². The molecular formula is C14H21F2NO2. The van der Waals surface area contributed by atoms with Crippen molar-refractivity contribution in [1.29, 1.82) is 0 Å². The zero-order chi connectivity index (χ0) is 14.1. The molecule has 1 aromatic carbocycles. The predicted octanol–water partition coefficient (Wildman–Crippen LogP) is 2.85. The Kier molecular flexibility index (Phi) is 7.36. The first-order chi connectivity index (χ1) is 9.09. The van der Waals surface area contributed by atoms with E-state index in [1.807, 2.05) is 38.1 Å². The maximum atomic E-state index is 11.8. The Morgan fingerprint density at radius 2 is 1.95 bits per heavy atom. The lowest BCUT2D eigenvalue weighted by Gasteiger charge is -2.14. The van der Waals surface area contributed by atoms with Gasteiger partial charge in [0.2, 0.25) is 0 Å². The molecule has 19 heavy (non-hydrogen) atoms. The van der Waals surface area contributed by atoms with Gasteiger partial charge in [0.1, 0.15) is 12.4 Å². The minimum Gasteiger partial charge on any atom is -0.491 e. The van der Waals surface area contributed by atoms with Gasteiger partial charge in [-0.2, -0.15) is 0 Å². The van der Waals surface area contributed by atoms with Gasteiger partial charge < -0.3 is 14.8 Å². The first kappa shape index (κ1) is 15.9. The lowest BCUT2D eigenvalue weighted by Crippen LogP contribution is -2.21. The van der Waals surface area contributed by atoms with Crippen molar-refractivity contribution in [1.82, 2.24) is 5.32 Å². The van der Waals surface area contributed by atoms with Crippen molar-refractivity contribution in [2.45, 2.75) is 32.9 Å². The second-order valence-electron chi connectivity index (χ2n) is 4.42. The number of halogens is 2. The smallest absolute Gasteiger partial charge is 0.261 e. The van der Waals surface area contributed by atoms with Gasteiger partial charge >= 0.3 is 0 Å². The molecule has 0 heterocycles. The summed E-state index contributed by atoms with van der Waals surface area (Å²) < 4.78 is 34.1. The van der Waals surface area contributed by atoms with Crippen molar-refractivity contribution in [2.75, 3.05) is 19.8 Å². The van der Waals surface area contributed by atoms with Gasteiger partial charge in [0, 0.05) is 18.7 Å². The van der Waals surface area contributed by atoms with Crippen molar-refractivity contribution in [3.05, 3.63) is 29.8 Å². The highest BCUT2D eigenvalue weighted by Crippen LogP contribution is 2.18. The summed E-state index contributed by atoms with van der Waals surface area (Å²) in [5.74, 6) is 0.846. The molecule has 5 heteroatoms. The van der Waals surface area contributed by atoms with Crippen LogP contribution in [0.2, 0.25) is 0 Å². The molecule has 108 valence electrons. The molecule has 0 unspecified atom stereocenters. The monoisotopic (exact) mass is 273 g/mol. The van der Waals surface area contributed by atoms with Crippen LogP contribution in [0.4, 0.5) is 8.78 Å². The molecule has 0 amide bonds. The van der Waals surface area contributed by atoms with E-state index in [0.717, 1.165) is 11.3 Å². The van der Waals surface area contributed by atoms with Crippen LogP contribution in [0.1, 0.15) is 19.4 Å². The predicted molar refractivity (Wildman–Crippen MR) is 70.7 cm³/mol.